The molecule has 0 saturated heterocycles. The van der Waals surface area contributed by atoms with Crippen molar-refractivity contribution in [2.24, 2.45) is 0 Å². The van der Waals surface area contributed by atoms with Crippen LogP contribution in [0, 0.1) is 0 Å². The topological polar surface area (TPSA) is 72.5 Å². The van der Waals surface area contributed by atoms with Gasteiger partial charge < -0.3 is 20.1 Å². The van der Waals surface area contributed by atoms with Gasteiger partial charge >= 0.3 is 6.09 Å². The van der Waals surface area contributed by atoms with E-state index in [1.165, 1.54) is 0 Å². The van der Waals surface area contributed by atoms with Crippen LogP contribution in [-0.2, 0) is 4.74 Å². The SMILES string of the molecule is CNc1ccc(OCCNC(=O)OC(C)(C)C)cn1. The van der Waals surface area contributed by atoms with Crippen LogP contribution in [0.2, 0.25) is 0 Å². The second-order valence-electron chi connectivity index (χ2n) is 4.91. The summed E-state index contributed by atoms with van der Waals surface area (Å²) in [7, 11) is 1.80. The first-order valence-electron chi connectivity index (χ1n) is 6.14. The quantitative estimate of drug-likeness (QED) is 0.799. The number of alkyl carbamates (subject to hydrolysis) is 1. The number of anilines is 1. The van der Waals surface area contributed by atoms with Crippen LogP contribution in [0.4, 0.5) is 10.6 Å². The average Bonchev–Trinajstić information content (AvgIpc) is 2.33. The zero-order valence-electron chi connectivity index (χ0n) is 11.8. The minimum atomic E-state index is -0.488. The maximum Gasteiger partial charge on any atom is 0.407 e. The lowest BCUT2D eigenvalue weighted by molar-refractivity contribution is 0.0520. The lowest BCUT2D eigenvalue weighted by Crippen LogP contribution is -2.34. The molecule has 0 atom stereocenters. The third-order valence-electron chi connectivity index (χ3n) is 2.03. The van der Waals surface area contributed by atoms with E-state index in [1.54, 1.807) is 13.2 Å². The maximum absolute atomic E-state index is 11.3. The maximum atomic E-state index is 11.3. The summed E-state index contributed by atoms with van der Waals surface area (Å²) in [6.07, 6.45) is 1.18. The van der Waals surface area contributed by atoms with E-state index in [9.17, 15) is 4.79 Å². The molecule has 2 N–H and O–H groups in total. The Morgan fingerprint density at radius 1 is 1.37 bits per heavy atom. The Kier molecular flexibility index (Phi) is 5.41. The van der Waals surface area contributed by atoms with Gasteiger partial charge in [-0.1, -0.05) is 0 Å². The largest absolute Gasteiger partial charge is 0.490 e. The van der Waals surface area contributed by atoms with Crippen molar-refractivity contribution in [2.45, 2.75) is 26.4 Å². The molecule has 0 unspecified atom stereocenters. The van der Waals surface area contributed by atoms with Gasteiger partial charge in [-0.25, -0.2) is 9.78 Å². The number of amides is 1. The van der Waals surface area contributed by atoms with Crippen LogP contribution in [0.3, 0.4) is 0 Å². The Hall–Kier alpha value is -1.98. The highest BCUT2D eigenvalue weighted by Gasteiger charge is 2.15. The van der Waals surface area contributed by atoms with Crippen LogP contribution >= 0.6 is 0 Å². The van der Waals surface area contributed by atoms with Crippen molar-refractivity contribution in [3.63, 3.8) is 0 Å². The molecule has 6 heteroatoms. The molecule has 19 heavy (non-hydrogen) atoms. The lowest BCUT2D eigenvalue weighted by atomic mass is 10.2. The number of nitrogens with one attached hydrogen (secondary N) is 2. The van der Waals surface area contributed by atoms with Gasteiger partial charge in [-0.05, 0) is 32.9 Å². The van der Waals surface area contributed by atoms with Gasteiger partial charge in [-0.2, -0.15) is 0 Å². The first-order chi connectivity index (χ1) is 8.90. The van der Waals surface area contributed by atoms with E-state index >= 15 is 0 Å². The Morgan fingerprint density at radius 2 is 2.11 bits per heavy atom. The summed E-state index contributed by atoms with van der Waals surface area (Å²) in [4.78, 5) is 15.5. The van der Waals surface area contributed by atoms with Crippen molar-refractivity contribution >= 4 is 11.9 Å². The number of hydrogen-bond donors (Lipinski definition) is 2. The van der Waals surface area contributed by atoms with E-state index in [0.29, 0.717) is 18.9 Å². The fourth-order valence-electron chi connectivity index (χ4n) is 1.25. The molecule has 0 fully saturated rings. The highest BCUT2D eigenvalue weighted by molar-refractivity contribution is 5.67. The molecule has 1 rings (SSSR count). The van der Waals surface area contributed by atoms with Crippen molar-refractivity contribution < 1.29 is 14.3 Å². The summed E-state index contributed by atoms with van der Waals surface area (Å²) in [6, 6.07) is 3.63. The third-order valence-corrected chi connectivity index (χ3v) is 2.03. The predicted octanol–water partition coefficient (Wildman–Crippen LogP) is 2.03. The molecule has 106 valence electrons. The zero-order chi connectivity index (χ0) is 14.3. The van der Waals surface area contributed by atoms with Gasteiger partial charge in [0.1, 0.15) is 23.8 Å². The normalized spacial score (nSPS) is 10.7. The lowest BCUT2D eigenvalue weighted by Gasteiger charge is -2.19. The second-order valence-corrected chi connectivity index (χ2v) is 4.91. The standard InChI is InChI=1S/C13H21N3O3/c1-13(2,3)19-12(17)15-7-8-18-10-5-6-11(14-4)16-9-10/h5-6,9H,7-8H2,1-4H3,(H,14,16)(H,15,17). The van der Waals surface area contributed by atoms with Gasteiger partial charge in [-0.3, -0.25) is 0 Å². The highest BCUT2D eigenvalue weighted by atomic mass is 16.6. The molecule has 1 aromatic heterocycles. The minimum Gasteiger partial charge on any atom is -0.490 e. The number of hydrogen-bond acceptors (Lipinski definition) is 5. The molecule has 1 heterocycles. The van der Waals surface area contributed by atoms with E-state index < -0.39 is 11.7 Å². The highest BCUT2D eigenvalue weighted by Crippen LogP contribution is 2.11. The van der Waals surface area contributed by atoms with Crippen LogP contribution in [0.5, 0.6) is 5.75 Å². The van der Waals surface area contributed by atoms with E-state index in [4.69, 9.17) is 9.47 Å². The summed E-state index contributed by atoms with van der Waals surface area (Å²) in [5.41, 5.74) is -0.488. The summed E-state index contributed by atoms with van der Waals surface area (Å²) < 4.78 is 10.5. The van der Waals surface area contributed by atoms with Crippen LogP contribution < -0.4 is 15.4 Å². The van der Waals surface area contributed by atoms with Crippen molar-refractivity contribution in [3.05, 3.63) is 18.3 Å². The molecule has 0 aliphatic carbocycles. The summed E-state index contributed by atoms with van der Waals surface area (Å²) in [5, 5.41) is 5.53. The number of aromatic nitrogens is 1. The smallest absolute Gasteiger partial charge is 0.407 e. The molecule has 0 saturated carbocycles. The van der Waals surface area contributed by atoms with Gasteiger partial charge in [0, 0.05) is 7.05 Å². The van der Waals surface area contributed by atoms with Gasteiger partial charge in [-0.15, -0.1) is 0 Å². The monoisotopic (exact) mass is 267 g/mol. The Bertz CT molecular complexity index is 399. The number of nitrogens with zero attached hydrogens (tertiary/aromatic N) is 1. The van der Waals surface area contributed by atoms with Gasteiger partial charge in [0.15, 0.2) is 0 Å². The fraction of sp³-hybridized carbons (Fsp3) is 0.538. The van der Waals surface area contributed by atoms with Gasteiger partial charge in [0.05, 0.1) is 12.7 Å². The molecule has 0 spiro atoms. The average molecular weight is 267 g/mol. The molecule has 6 nitrogen and oxygen atoms in total. The van der Waals surface area contributed by atoms with E-state index in [2.05, 4.69) is 15.6 Å². The number of ether oxygens (including phenoxy) is 2. The van der Waals surface area contributed by atoms with Crippen LogP contribution in [0.1, 0.15) is 20.8 Å². The first kappa shape index (κ1) is 15.1. The third kappa shape index (κ3) is 6.49. The summed E-state index contributed by atoms with van der Waals surface area (Å²) in [5.74, 6) is 1.43. The van der Waals surface area contributed by atoms with Crippen LogP contribution in [-0.4, -0.2) is 36.9 Å². The molecule has 0 radical (unpaired) electrons. The molecule has 0 aromatic carbocycles. The van der Waals surface area contributed by atoms with Crippen molar-refractivity contribution in [1.29, 1.82) is 0 Å². The molecule has 0 aliphatic rings. The predicted molar refractivity (Wildman–Crippen MR) is 73.5 cm³/mol. The molecule has 0 bridgehead atoms. The van der Waals surface area contributed by atoms with Crippen molar-refractivity contribution in [2.75, 3.05) is 25.5 Å². The van der Waals surface area contributed by atoms with E-state index in [0.717, 1.165) is 5.82 Å². The molecular formula is C13H21N3O3. The number of pyridine rings is 1. The Labute approximate surface area is 113 Å². The second kappa shape index (κ2) is 6.82. The number of carbonyl (C=O) groups excluding carboxylic acids is 1. The van der Waals surface area contributed by atoms with Gasteiger partial charge in [0.25, 0.3) is 0 Å². The van der Waals surface area contributed by atoms with Crippen molar-refractivity contribution in [3.8, 4) is 5.75 Å². The Morgan fingerprint density at radius 3 is 2.63 bits per heavy atom. The molecule has 0 aliphatic heterocycles. The summed E-state index contributed by atoms with van der Waals surface area (Å²) in [6.45, 7) is 6.19. The van der Waals surface area contributed by atoms with E-state index in [-0.39, 0.29) is 0 Å². The number of rotatable bonds is 5. The summed E-state index contributed by atoms with van der Waals surface area (Å²) >= 11 is 0. The van der Waals surface area contributed by atoms with Crippen LogP contribution in [0.15, 0.2) is 18.3 Å². The first-order valence-corrected chi connectivity index (χ1v) is 6.14. The number of carbonyl (C=O) groups is 1. The fourth-order valence-corrected chi connectivity index (χ4v) is 1.25. The van der Waals surface area contributed by atoms with Crippen LogP contribution in [0.25, 0.3) is 0 Å². The molecule has 1 aromatic rings. The van der Waals surface area contributed by atoms with Crippen molar-refractivity contribution in [1.82, 2.24) is 10.3 Å². The zero-order valence-corrected chi connectivity index (χ0v) is 11.8. The van der Waals surface area contributed by atoms with E-state index in [1.807, 2.05) is 32.9 Å². The minimum absolute atomic E-state index is 0.361. The molecule has 1 amide bonds. The van der Waals surface area contributed by atoms with Gasteiger partial charge in [0.2, 0.25) is 0 Å². The Balaban J connectivity index is 2.21. The molecular weight excluding hydrogens is 246 g/mol.